The molecule has 5 aromatic carbocycles. The Hall–Kier alpha value is -4.50. The van der Waals surface area contributed by atoms with Crippen molar-refractivity contribution in [2.45, 2.75) is 12.3 Å². The predicted molar refractivity (Wildman–Crippen MR) is 144 cm³/mol. The van der Waals surface area contributed by atoms with Gasteiger partial charge in [0.2, 0.25) is 0 Å². The topological polar surface area (TPSA) is 40.8 Å². The molecule has 2 aromatic heterocycles. The van der Waals surface area contributed by atoms with Crippen molar-refractivity contribution < 1.29 is 4.74 Å². The molecule has 1 unspecified atom stereocenters. The first kappa shape index (κ1) is 18.9. The summed E-state index contributed by atoms with van der Waals surface area (Å²) in [5.41, 5.74) is 7.64. The van der Waals surface area contributed by atoms with Crippen molar-refractivity contribution in [1.29, 1.82) is 0 Å². The molecule has 0 radical (unpaired) electrons. The summed E-state index contributed by atoms with van der Waals surface area (Å²) < 4.78 is 6.79. The van der Waals surface area contributed by atoms with Crippen LogP contribution in [0.2, 0.25) is 0 Å². The quantitative estimate of drug-likeness (QED) is 0.259. The van der Waals surface area contributed by atoms with E-state index >= 15 is 0 Å². The van der Waals surface area contributed by atoms with Crippen LogP contribution in [0.1, 0.15) is 23.6 Å². The standard InChI is InChI=1S/C32H22N2O/c1-32(19-9-3-2-4-10-19)24-17-15-23-21-12-6-8-14-26(21)34-30(23)31(24)35-27-18-16-22-20-11-5-7-13-25(20)33-29(22)28(27)32/h2-18,33-34H,1H3. The second-order valence-electron chi connectivity index (χ2n) is 9.66. The van der Waals surface area contributed by atoms with Gasteiger partial charge < -0.3 is 14.7 Å². The summed E-state index contributed by atoms with van der Waals surface area (Å²) in [4.78, 5) is 7.38. The van der Waals surface area contributed by atoms with Gasteiger partial charge in [0, 0.05) is 43.7 Å². The molecule has 0 saturated carbocycles. The van der Waals surface area contributed by atoms with E-state index in [2.05, 4.69) is 120 Å². The zero-order valence-electron chi connectivity index (χ0n) is 19.2. The van der Waals surface area contributed by atoms with Gasteiger partial charge in [0.05, 0.1) is 16.4 Å². The molecule has 7 aromatic rings. The number of hydrogen-bond donors (Lipinski definition) is 2. The molecular formula is C32H22N2O. The van der Waals surface area contributed by atoms with Crippen LogP contribution in [0.5, 0.6) is 11.5 Å². The molecule has 0 saturated heterocycles. The molecule has 3 heteroatoms. The van der Waals surface area contributed by atoms with E-state index in [0.29, 0.717) is 0 Å². The number of H-pyrrole nitrogens is 2. The predicted octanol–water partition coefficient (Wildman–Crippen LogP) is 8.42. The number of aromatic amines is 2. The smallest absolute Gasteiger partial charge is 0.155 e. The third-order valence-corrected chi connectivity index (χ3v) is 7.88. The minimum absolute atomic E-state index is 0.407. The van der Waals surface area contributed by atoms with E-state index in [0.717, 1.165) is 33.6 Å². The summed E-state index contributed by atoms with van der Waals surface area (Å²) in [5.74, 6) is 1.81. The number of para-hydroxylation sites is 2. The highest BCUT2D eigenvalue weighted by Crippen LogP contribution is 2.56. The van der Waals surface area contributed by atoms with Gasteiger partial charge in [-0.2, -0.15) is 0 Å². The number of ether oxygens (including phenoxy) is 1. The Labute approximate surface area is 202 Å². The van der Waals surface area contributed by atoms with Gasteiger partial charge in [0.25, 0.3) is 0 Å². The van der Waals surface area contributed by atoms with Gasteiger partial charge in [-0.25, -0.2) is 0 Å². The molecule has 166 valence electrons. The van der Waals surface area contributed by atoms with Gasteiger partial charge in [-0.15, -0.1) is 0 Å². The average Bonchev–Trinajstić information content (AvgIpc) is 3.48. The number of rotatable bonds is 1. The molecule has 0 bridgehead atoms. The molecule has 0 fully saturated rings. The molecule has 1 aliphatic rings. The van der Waals surface area contributed by atoms with Crippen molar-refractivity contribution in [3.05, 3.63) is 120 Å². The zero-order valence-corrected chi connectivity index (χ0v) is 19.2. The second kappa shape index (κ2) is 6.55. The Bertz CT molecular complexity index is 1940. The van der Waals surface area contributed by atoms with Gasteiger partial charge in [0.15, 0.2) is 5.75 Å². The molecule has 3 nitrogen and oxygen atoms in total. The second-order valence-corrected chi connectivity index (χ2v) is 9.66. The number of fused-ring (bicyclic) bond motifs is 10. The monoisotopic (exact) mass is 450 g/mol. The minimum Gasteiger partial charge on any atom is -0.454 e. The molecule has 8 rings (SSSR count). The van der Waals surface area contributed by atoms with E-state index in [1.165, 1.54) is 38.2 Å². The number of benzene rings is 5. The van der Waals surface area contributed by atoms with Crippen LogP contribution in [-0.2, 0) is 5.41 Å². The first-order chi connectivity index (χ1) is 17.2. The number of aromatic nitrogens is 2. The maximum Gasteiger partial charge on any atom is 0.155 e. The Morgan fingerprint density at radius 1 is 0.571 bits per heavy atom. The van der Waals surface area contributed by atoms with Crippen LogP contribution in [0.15, 0.2) is 103 Å². The first-order valence-electron chi connectivity index (χ1n) is 12.0. The molecule has 35 heavy (non-hydrogen) atoms. The van der Waals surface area contributed by atoms with Gasteiger partial charge in [0.1, 0.15) is 5.75 Å². The third kappa shape index (κ3) is 2.35. The van der Waals surface area contributed by atoms with Crippen molar-refractivity contribution in [3.8, 4) is 11.5 Å². The van der Waals surface area contributed by atoms with Gasteiger partial charge >= 0.3 is 0 Å². The van der Waals surface area contributed by atoms with E-state index in [1.807, 2.05) is 0 Å². The lowest BCUT2D eigenvalue weighted by Gasteiger charge is -2.38. The van der Waals surface area contributed by atoms with Crippen molar-refractivity contribution >= 4 is 43.6 Å². The highest BCUT2D eigenvalue weighted by atomic mass is 16.5. The lowest BCUT2D eigenvalue weighted by Crippen LogP contribution is -2.30. The summed E-state index contributed by atoms with van der Waals surface area (Å²) in [6.07, 6.45) is 0. The van der Waals surface area contributed by atoms with E-state index in [9.17, 15) is 0 Å². The fourth-order valence-electron chi connectivity index (χ4n) is 6.19. The molecule has 2 N–H and O–H groups in total. The van der Waals surface area contributed by atoms with Crippen LogP contribution < -0.4 is 4.74 Å². The minimum atomic E-state index is -0.407. The summed E-state index contributed by atoms with van der Waals surface area (Å²) >= 11 is 0. The van der Waals surface area contributed by atoms with Gasteiger partial charge in [-0.1, -0.05) is 78.9 Å². The SMILES string of the molecule is CC1(c2ccccc2)c2ccc3c([nH]c4ccccc43)c2Oc2ccc3c([nH]c4ccccc43)c21. The van der Waals surface area contributed by atoms with Crippen molar-refractivity contribution in [2.24, 2.45) is 0 Å². The van der Waals surface area contributed by atoms with Crippen molar-refractivity contribution in [1.82, 2.24) is 9.97 Å². The number of nitrogens with one attached hydrogen (secondary N) is 2. The molecule has 0 aliphatic carbocycles. The summed E-state index contributed by atoms with van der Waals surface area (Å²) in [6, 6.07) is 36.6. The van der Waals surface area contributed by atoms with E-state index in [4.69, 9.17) is 4.74 Å². The maximum absolute atomic E-state index is 6.79. The molecule has 1 atom stereocenters. The Kier molecular flexibility index (Phi) is 3.53. The zero-order chi connectivity index (χ0) is 23.1. The summed E-state index contributed by atoms with van der Waals surface area (Å²) in [6.45, 7) is 2.34. The Morgan fingerprint density at radius 3 is 1.91 bits per heavy atom. The van der Waals surface area contributed by atoms with E-state index in [-0.39, 0.29) is 0 Å². The fourth-order valence-corrected chi connectivity index (χ4v) is 6.19. The highest BCUT2D eigenvalue weighted by molar-refractivity contribution is 6.12. The molecule has 3 heterocycles. The van der Waals surface area contributed by atoms with Crippen LogP contribution >= 0.6 is 0 Å². The van der Waals surface area contributed by atoms with Crippen LogP contribution in [0.25, 0.3) is 43.6 Å². The highest BCUT2D eigenvalue weighted by Gasteiger charge is 2.42. The Balaban J connectivity index is 1.53. The molecule has 0 amide bonds. The van der Waals surface area contributed by atoms with Crippen molar-refractivity contribution in [2.75, 3.05) is 0 Å². The first-order valence-corrected chi connectivity index (χ1v) is 12.0. The summed E-state index contributed by atoms with van der Waals surface area (Å²) in [5, 5.41) is 4.86. The third-order valence-electron chi connectivity index (χ3n) is 7.88. The van der Waals surface area contributed by atoms with Crippen LogP contribution in [0.3, 0.4) is 0 Å². The van der Waals surface area contributed by atoms with Crippen LogP contribution in [-0.4, -0.2) is 9.97 Å². The molecule has 0 spiro atoms. The number of hydrogen-bond acceptors (Lipinski definition) is 1. The summed E-state index contributed by atoms with van der Waals surface area (Å²) in [7, 11) is 0. The lowest BCUT2D eigenvalue weighted by atomic mass is 9.68. The largest absolute Gasteiger partial charge is 0.454 e. The Morgan fingerprint density at radius 2 is 1.17 bits per heavy atom. The van der Waals surface area contributed by atoms with E-state index in [1.54, 1.807) is 0 Å². The van der Waals surface area contributed by atoms with Crippen molar-refractivity contribution in [3.63, 3.8) is 0 Å². The fraction of sp³-hybridized carbons (Fsp3) is 0.0625. The van der Waals surface area contributed by atoms with Crippen LogP contribution in [0, 0.1) is 0 Å². The molecular weight excluding hydrogens is 428 g/mol. The molecule has 1 aliphatic heterocycles. The van der Waals surface area contributed by atoms with E-state index < -0.39 is 5.41 Å². The normalized spacial score (nSPS) is 17.1. The van der Waals surface area contributed by atoms with Crippen LogP contribution in [0.4, 0.5) is 0 Å². The van der Waals surface area contributed by atoms with Gasteiger partial charge in [-0.3, -0.25) is 0 Å². The average molecular weight is 451 g/mol. The van der Waals surface area contributed by atoms with Gasteiger partial charge in [-0.05, 0) is 36.8 Å². The maximum atomic E-state index is 6.79. The lowest BCUT2D eigenvalue weighted by molar-refractivity contribution is 0.433.